The molecule has 0 heterocycles. The smallest absolute Gasteiger partial charge is 0.170 e. The number of rotatable bonds is 10. The SMILES string of the molecule is CCSCCC(C)NCCOc1ccc(/C(N)=N/O)cc1. The lowest BCUT2D eigenvalue weighted by molar-refractivity contribution is 0.306. The van der Waals surface area contributed by atoms with Gasteiger partial charge in [0.05, 0.1) is 0 Å². The molecule has 0 saturated heterocycles. The molecular weight excluding hydrogens is 286 g/mol. The maximum absolute atomic E-state index is 8.58. The summed E-state index contributed by atoms with van der Waals surface area (Å²) in [5.74, 6) is 3.25. The molecule has 0 aromatic heterocycles. The quantitative estimate of drug-likeness (QED) is 0.203. The topological polar surface area (TPSA) is 79.9 Å². The van der Waals surface area contributed by atoms with Crippen LogP contribution in [0.25, 0.3) is 0 Å². The van der Waals surface area contributed by atoms with E-state index >= 15 is 0 Å². The number of nitrogens with one attached hydrogen (secondary N) is 1. The van der Waals surface area contributed by atoms with Crippen LogP contribution in [-0.4, -0.2) is 41.7 Å². The van der Waals surface area contributed by atoms with E-state index in [9.17, 15) is 0 Å². The normalized spacial score (nSPS) is 13.1. The molecule has 0 aliphatic rings. The molecule has 0 amide bonds. The maximum Gasteiger partial charge on any atom is 0.170 e. The van der Waals surface area contributed by atoms with Crippen molar-refractivity contribution in [2.24, 2.45) is 10.9 Å². The summed E-state index contributed by atoms with van der Waals surface area (Å²) < 4.78 is 5.64. The summed E-state index contributed by atoms with van der Waals surface area (Å²) in [6.07, 6.45) is 1.17. The number of oxime groups is 1. The van der Waals surface area contributed by atoms with E-state index in [1.807, 2.05) is 23.9 Å². The summed E-state index contributed by atoms with van der Waals surface area (Å²) >= 11 is 1.97. The number of hydrogen-bond donors (Lipinski definition) is 3. The fourth-order valence-electron chi connectivity index (χ4n) is 1.76. The van der Waals surface area contributed by atoms with Gasteiger partial charge in [0, 0.05) is 18.2 Å². The predicted molar refractivity (Wildman–Crippen MR) is 89.5 cm³/mol. The van der Waals surface area contributed by atoms with Crippen molar-refractivity contribution in [2.75, 3.05) is 24.7 Å². The van der Waals surface area contributed by atoms with E-state index in [2.05, 4.69) is 24.3 Å². The van der Waals surface area contributed by atoms with Crippen LogP contribution >= 0.6 is 11.8 Å². The fraction of sp³-hybridized carbons (Fsp3) is 0.533. The van der Waals surface area contributed by atoms with E-state index in [0.29, 0.717) is 18.2 Å². The van der Waals surface area contributed by atoms with Gasteiger partial charge in [-0.2, -0.15) is 11.8 Å². The van der Waals surface area contributed by atoms with Crippen molar-refractivity contribution in [1.29, 1.82) is 0 Å². The Labute approximate surface area is 130 Å². The van der Waals surface area contributed by atoms with Crippen molar-refractivity contribution in [3.05, 3.63) is 29.8 Å². The second kappa shape index (κ2) is 10.3. The van der Waals surface area contributed by atoms with Gasteiger partial charge in [0.1, 0.15) is 12.4 Å². The van der Waals surface area contributed by atoms with Gasteiger partial charge in [-0.15, -0.1) is 0 Å². The van der Waals surface area contributed by atoms with Crippen LogP contribution in [0.2, 0.25) is 0 Å². The molecular formula is C15H25N3O2S. The van der Waals surface area contributed by atoms with Crippen molar-refractivity contribution in [3.8, 4) is 5.75 Å². The molecule has 1 aromatic rings. The van der Waals surface area contributed by atoms with Crippen LogP contribution in [-0.2, 0) is 0 Å². The highest BCUT2D eigenvalue weighted by atomic mass is 32.2. The average Bonchev–Trinajstić information content (AvgIpc) is 2.51. The van der Waals surface area contributed by atoms with Gasteiger partial charge in [-0.1, -0.05) is 12.1 Å². The lowest BCUT2D eigenvalue weighted by atomic mass is 10.2. The largest absolute Gasteiger partial charge is 0.492 e. The number of amidine groups is 1. The molecule has 0 radical (unpaired) electrons. The molecule has 0 aliphatic heterocycles. The van der Waals surface area contributed by atoms with Gasteiger partial charge in [0.2, 0.25) is 0 Å². The molecule has 0 aliphatic carbocycles. The minimum absolute atomic E-state index is 0.0991. The average molecular weight is 311 g/mol. The first-order valence-corrected chi connectivity index (χ1v) is 8.34. The van der Waals surface area contributed by atoms with Gasteiger partial charge < -0.3 is 21.0 Å². The van der Waals surface area contributed by atoms with E-state index in [1.54, 1.807) is 12.1 Å². The molecule has 1 unspecified atom stereocenters. The van der Waals surface area contributed by atoms with Gasteiger partial charge in [-0.3, -0.25) is 0 Å². The van der Waals surface area contributed by atoms with Crippen LogP contribution in [0.4, 0.5) is 0 Å². The van der Waals surface area contributed by atoms with Crippen molar-refractivity contribution in [1.82, 2.24) is 5.32 Å². The molecule has 118 valence electrons. The Balaban J connectivity index is 2.21. The van der Waals surface area contributed by atoms with E-state index in [0.717, 1.165) is 12.3 Å². The Hall–Kier alpha value is -1.40. The van der Waals surface area contributed by atoms with E-state index in [1.165, 1.54) is 17.9 Å². The first-order valence-electron chi connectivity index (χ1n) is 7.19. The van der Waals surface area contributed by atoms with Crippen molar-refractivity contribution >= 4 is 17.6 Å². The van der Waals surface area contributed by atoms with Crippen LogP contribution in [0.5, 0.6) is 5.75 Å². The number of nitrogens with zero attached hydrogens (tertiary/aromatic N) is 1. The van der Waals surface area contributed by atoms with Crippen molar-refractivity contribution in [3.63, 3.8) is 0 Å². The molecule has 5 nitrogen and oxygen atoms in total. The van der Waals surface area contributed by atoms with Gasteiger partial charge in [-0.25, -0.2) is 0 Å². The molecule has 1 aromatic carbocycles. The lowest BCUT2D eigenvalue weighted by Gasteiger charge is -2.14. The molecule has 0 spiro atoms. The van der Waals surface area contributed by atoms with Crippen LogP contribution < -0.4 is 15.8 Å². The minimum Gasteiger partial charge on any atom is -0.492 e. The summed E-state index contributed by atoms with van der Waals surface area (Å²) in [5, 5.41) is 15.0. The highest BCUT2D eigenvalue weighted by Gasteiger charge is 2.02. The van der Waals surface area contributed by atoms with E-state index < -0.39 is 0 Å². The summed E-state index contributed by atoms with van der Waals surface area (Å²) in [4.78, 5) is 0. The summed E-state index contributed by atoms with van der Waals surface area (Å²) in [6.45, 7) is 5.82. The maximum atomic E-state index is 8.58. The highest BCUT2D eigenvalue weighted by Crippen LogP contribution is 2.11. The summed E-state index contributed by atoms with van der Waals surface area (Å²) in [6, 6.07) is 7.67. The number of nitrogens with two attached hydrogens (primary N) is 1. The Morgan fingerprint density at radius 1 is 1.43 bits per heavy atom. The molecule has 0 bridgehead atoms. The van der Waals surface area contributed by atoms with Crippen molar-refractivity contribution in [2.45, 2.75) is 26.3 Å². The van der Waals surface area contributed by atoms with E-state index in [-0.39, 0.29) is 5.84 Å². The summed E-state index contributed by atoms with van der Waals surface area (Å²) in [5.41, 5.74) is 6.17. The number of ether oxygens (including phenoxy) is 1. The van der Waals surface area contributed by atoms with E-state index in [4.69, 9.17) is 15.7 Å². The van der Waals surface area contributed by atoms with Gasteiger partial charge in [0.25, 0.3) is 0 Å². The highest BCUT2D eigenvalue weighted by molar-refractivity contribution is 7.99. The van der Waals surface area contributed by atoms with Crippen LogP contribution in [0.15, 0.2) is 29.4 Å². The summed E-state index contributed by atoms with van der Waals surface area (Å²) in [7, 11) is 0. The molecule has 21 heavy (non-hydrogen) atoms. The zero-order chi connectivity index (χ0) is 15.5. The van der Waals surface area contributed by atoms with Crippen LogP contribution in [0.1, 0.15) is 25.8 Å². The van der Waals surface area contributed by atoms with Crippen molar-refractivity contribution < 1.29 is 9.94 Å². The number of thioether (sulfide) groups is 1. The van der Waals surface area contributed by atoms with Crippen LogP contribution in [0.3, 0.4) is 0 Å². The molecule has 0 saturated carbocycles. The van der Waals surface area contributed by atoms with Gasteiger partial charge >= 0.3 is 0 Å². The second-order valence-electron chi connectivity index (χ2n) is 4.70. The first kappa shape index (κ1) is 17.7. The molecule has 6 heteroatoms. The van der Waals surface area contributed by atoms with Crippen LogP contribution in [0, 0.1) is 0 Å². The minimum atomic E-state index is 0.0991. The number of hydrogen-bond acceptors (Lipinski definition) is 5. The zero-order valence-electron chi connectivity index (χ0n) is 12.7. The molecule has 4 N–H and O–H groups in total. The molecule has 0 fully saturated rings. The predicted octanol–water partition coefficient (Wildman–Crippen LogP) is 2.28. The number of benzene rings is 1. The second-order valence-corrected chi connectivity index (χ2v) is 6.09. The molecule has 1 atom stereocenters. The fourth-order valence-corrected chi connectivity index (χ4v) is 2.57. The monoisotopic (exact) mass is 311 g/mol. The third-order valence-corrected chi connectivity index (χ3v) is 3.95. The Kier molecular flexibility index (Phi) is 8.69. The Morgan fingerprint density at radius 3 is 2.76 bits per heavy atom. The Bertz CT molecular complexity index is 423. The standard InChI is InChI=1S/C15H25N3O2S/c1-3-21-11-8-12(2)17-9-10-20-14-6-4-13(5-7-14)15(16)18-19/h4-7,12,17,19H,3,8-11H2,1-2H3,(H2,16,18). The third kappa shape index (κ3) is 7.24. The third-order valence-electron chi connectivity index (χ3n) is 3.02. The molecule has 1 rings (SSSR count). The zero-order valence-corrected chi connectivity index (χ0v) is 13.5. The van der Waals surface area contributed by atoms with Gasteiger partial charge in [-0.05, 0) is 49.1 Å². The lowest BCUT2D eigenvalue weighted by Crippen LogP contribution is -2.30. The first-order chi connectivity index (χ1) is 10.2. The van der Waals surface area contributed by atoms with Gasteiger partial charge in [0.15, 0.2) is 5.84 Å². The Morgan fingerprint density at radius 2 is 2.14 bits per heavy atom.